The summed E-state index contributed by atoms with van der Waals surface area (Å²) in [7, 11) is -0.473. The third kappa shape index (κ3) is 3.84. The van der Waals surface area contributed by atoms with Crippen molar-refractivity contribution >= 4 is 10.0 Å². The maximum absolute atomic E-state index is 11.9. The molecule has 0 aromatic carbocycles. The summed E-state index contributed by atoms with van der Waals surface area (Å²) in [5, 5.41) is 3.46. The Labute approximate surface area is 121 Å². The Hall–Kier alpha value is -0.850. The van der Waals surface area contributed by atoms with Gasteiger partial charge in [-0.25, -0.2) is 12.7 Å². The Morgan fingerprint density at radius 3 is 2.65 bits per heavy atom. The highest BCUT2D eigenvalue weighted by atomic mass is 32.2. The van der Waals surface area contributed by atoms with Crippen LogP contribution in [-0.2, 0) is 16.6 Å². The summed E-state index contributed by atoms with van der Waals surface area (Å²) in [4.78, 5) is 0. The van der Waals surface area contributed by atoms with Crippen LogP contribution < -0.4 is 5.32 Å². The van der Waals surface area contributed by atoms with Gasteiger partial charge in [-0.15, -0.1) is 0 Å². The van der Waals surface area contributed by atoms with Gasteiger partial charge in [0.15, 0.2) is 0 Å². The maximum Gasteiger partial charge on any atom is 0.275 e. The van der Waals surface area contributed by atoms with E-state index in [-0.39, 0.29) is 5.09 Å². The van der Waals surface area contributed by atoms with Crippen molar-refractivity contribution in [1.82, 2.24) is 9.62 Å². The van der Waals surface area contributed by atoms with E-state index in [1.165, 1.54) is 39.4 Å². The molecule has 1 heterocycles. The number of hydrogen-bond acceptors (Lipinski definition) is 4. The van der Waals surface area contributed by atoms with Crippen molar-refractivity contribution in [1.29, 1.82) is 0 Å². The first-order valence-electron chi connectivity index (χ1n) is 7.18. The van der Waals surface area contributed by atoms with Crippen molar-refractivity contribution < 1.29 is 12.8 Å². The first kappa shape index (κ1) is 15.5. The second-order valence-electron chi connectivity index (χ2n) is 5.67. The highest BCUT2D eigenvalue weighted by Gasteiger charge is 2.25. The second-order valence-corrected chi connectivity index (χ2v) is 7.76. The predicted octanol–water partition coefficient (Wildman–Crippen LogP) is 2.20. The first-order chi connectivity index (χ1) is 9.43. The third-order valence-electron chi connectivity index (χ3n) is 3.74. The largest absolute Gasteiger partial charge is 0.447 e. The lowest BCUT2D eigenvalue weighted by molar-refractivity contribution is 0.367. The highest BCUT2D eigenvalue weighted by molar-refractivity contribution is 7.88. The van der Waals surface area contributed by atoms with Gasteiger partial charge in [-0.2, -0.15) is 0 Å². The van der Waals surface area contributed by atoms with E-state index >= 15 is 0 Å². The molecule has 5 nitrogen and oxygen atoms in total. The molecule has 0 amide bonds. The summed E-state index contributed by atoms with van der Waals surface area (Å²) in [6.45, 7) is 2.75. The molecule has 1 unspecified atom stereocenters. The molecule has 0 radical (unpaired) electrons. The topological polar surface area (TPSA) is 62.6 Å². The van der Waals surface area contributed by atoms with Gasteiger partial charge in [0.25, 0.3) is 10.0 Å². The molecule has 20 heavy (non-hydrogen) atoms. The molecule has 1 aliphatic rings. The van der Waals surface area contributed by atoms with Gasteiger partial charge in [-0.05, 0) is 30.9 Å². The molecule has 0 bridgehead atoms. The summed E-state index contributed by atoms with van der Waals surface area (Å²) in [6, 6.07) is 3.74. The number of rotatable bonds is 8. The molecule has 1 aromatic rings. The van der Waals surface area contributed by atoms with E-state index in [4.69, 9.17) is 4.42 Å². The number of nitrogens with one attached hydrogen (secondary N) is 1. The van der Waals surface area contributed by atoms with Gasteiger partial charge in [0.05, 0.1) is 6.54 Å². The first-order valence-corrected chi connectivity index (χ1v) is 8.62. The third-order valence-corrected chi connectivity index (χ3v) is 5.43. The van der Waals surface area contributed by atoms with Crippen LogP contribution in [0, 0.1) is 5.92 Å². The van der Waals surface area contributed by atoms with E-state index in [1.807, 2.05) is 0 Å². The van der Waals surface area contributed by atoms with E-state index in [9.17, 15) is 8.42 Å². The molecule has 1 aromatic heterocycles. The zero-order valence-electron chi connectivity index (χ0n) is 12.4. The fourth-order valence-electron chi connectivity index (χ4n) is 2.17. The second kappa shape index (κ2) is 6.28. The van der Waals surface area contributed by atoms with Gasteiger partial charge in [0, 0.05) is 20.1 Å². The molecule has 0 spiro atoms. The van der Waals surface area contributed by atoms with Gasteiger partial charge in [-0.1, -0.05) is 19.8 Å². The summed E-state index contributed by atoms with van der Waals surface area (Å²) >= 11 is 0. The zero-order valence-corrected chi connectivity index (χ0v) is 13.2. The Morgan fingerprint density at radius 1 is 1.40 bits per heavy atom. The van der Waals surface area contributed by atoms with E-state index in [1.54, 1.807) is 6.07 Å². The Balaban J connectivity index is 1.92. The molecule has 0 aliphatic heterocycles. The van der Waals surface area contributed by atoms with Gasteiger partial charge >= 0.3 is 0 Å². The molecule has 1 atom stereocenters. The van der Waals surface area contributed by atoms with Crippen molar-refractivity contribution in [3.8, 4) is 0 Å². The molecular weight excluding hydrogens is 276 g/mol. The molecule has 2 rings (SSSR count). The van der Waals surface area contributed by atoms with Crippen LogP contribution in [-0.4, -0.2) is 32.9 Å². The minimum atomic E-state index is -3.47. The molecular formula is C14H24N2O3S. The summed E-state index contributed by atoms with van der Waals surface area (Å²) in [5.41, 5.74) is 0. The molecule has 0 saturated heterocycles. The molecule has 6 heteroatoms. The minimum Gasteiger partial charge on any atom is -0.447 e. The van der Waals surface area contributed by atoms with Crippen LogP contribution in [0.25, 0.3) is 0 Å². The average molecular weight is 300 g/mol. The van der Waals surface area contributed by atoms with Crippen LogP contribution in [0.15, 0.2) is 21.6 Å². The molecule has 1 N–H and O–H groups in total. The number of hydrogen-bond donors (Lipinski definition) is 1. The predicted molar refractivity (Wildman–Crippen MR) is 77.8 cm³/mol. The van der Waals surface area contributed by atoms with Crippen molar-refractivity contribution in [3.63, 3.8) is 0 Å². The minimum absolute atomic E-state index is 0.00883. The lowest BCUT2D eigenvalue weighted by Crippen LogP contribution is -2.28. The Bertz CT molecular complexity index is 532. The molecule has 1 fully saturated rings. The standard InChI is InChI=1S/C14H24N2O3S/c1-4-12(9-11-5-6-11)15-10-13-7-8-14(19-13)20(17,18)16(2)3/h7-8,11-12,15H,4-6,9-10H2,1-3H3. The zero-order chi connectivity index (χ0) is 14.8. The van der Waals surface area contributed by atoms with Crippen LogP contribution in [0.5, 0.6) is 0 Å². The number of sulfonamides is 1. The molecule has 1 saturated carbocycles. The van der Waals surface area contributed by atoms with Gasteiger partial charge in [0.1, 0.15) is 5.76 Å². The lowest BCUT2D eigenvalue weighted by atomic mass is 10.1. The Kier molecular flexibility index (Phi) is 4.88. The lowest BCUT2D eigenvalue weighted by Gasteiger charge is -2.15. The number of furan rings is 1. The SMILES string of the molecule is CCC(CC1CC1)NCc1ccc(S(=O)(=O)N(C)C)o1. The van der Waals surface area contributed by atoms with Crippen molar-refractivity contribution in [2.24, 2.45) is 5.92 Å². The normalized spacial score (nSPS) is 17.6. The van der Waals surface area contributed by atoms with Crippen LogP contribution in [0.1, 0.15) is 38.4 Å². The highest BCUT2D eigenvalue weighted by Crippen LogP contribution is 2.34. The van der Waals surface area contributed by atoms with E-state index in [0.29, 0.717) is 18.3 Å². The fourth-order valence-corrected chi connectivity index (χ4v) is 2.98. The van der Waals surface area contributed by atoms with Crippen molar-refractivity contribution in [2.45, 2.75) is 50.3 Å². The maximum atomic E-state index is 11.9. The van der Waals surface area contributed by atoms with Crippen molar-refractivity contribution in [2.75, 3.05) is 14.1 Å². The fraction of sp³-hybridized carbons (Fsp3) is 0.714. The smallest absolute Gasteiger partial charge is 0.275 e. The summed E-state index contributed by atoms with van der Waals surface area (Å²) in [5.74, 6) is 1.55. The van der Waals surface area contributed by atoms with Crippen molar-refractivity contribution in [3.05, 3.63) is 17.9 Å². The average Bonchev–Trinajstić information content (AvgIpc) is 3.08. The van der Waals surface area contributed by atoms with Gasteiger partial charge in [-0.3, -0.25) is 0 Å². The quantitative estimate of drug-likeness (QED) is 0.799. The van der Waals surface area contributed by atoms with Crippen LogP contribution in [0.4, 0.5) is 0 Å². The summed E-state index contributed by atoms with van der Waals surface area (Å²) in [6.07, 6.45) is 4.99. The van der Waals surface area contributed by atoms with E-state index in [2.05, 4.69) is 12.2 Å². The van der Waals surface area contributed by atoms with Crippen LogP contribution in [0.3, 0.4) is 0 Å². The molecule has 114 valence electrons. The molecule has 1 aliphatic carbocycles. The van der Waals surface area contributed by atoms with Crippen LogP contribution >= 0.6 is 0 Å². The van der Waals surface area contributed by atoms with Gasteiger partial charge < -0.3 is 9.73 Å². The van der Waals surface area contributed by atoms with Gasteiger partial charge in [0.2, 0.25) is 5.09 Å². The summed E-state index contributed by atoms with van der Waals surface area (Å²) < 4.78 is 30.4. The Morgan fingerprint density at radius 2 is 2.10 bits per heavy atom. The van der Waals surface area contributed by atoms with E-state index in [0.717, 1.165) is 16.6 Å². The van der Waals surface area contributed by atoms with E-state index < -0.39 is 10.0 Å². The monoisotopic (exact) mass is 300 g/mol. The van der Waals surface area contributed by atoms with Crippen LogP contribution in [0.2, 0.25) is 0 Å². The number of nitrogens with zero attached hydrogens (tertiary/aromatic N) is 1.